The number of rotatable bonds is 3. The van der Waals surface area contributed by atoms with Crippen LogP contribution in [0.4, 0.5) is 5.82 Å². The Morgan fingerprint density at radius 2 is 2.26 bits per heavy atom. The molecule has 3 atom stereocenters. The molecule has 1 fully saturated rings. The Morgan fingerprint density at radius 1 is 1.42 bits per heavy atom. The SMILES string of the molecule is Nc1ncnc2c1ncn2[C@H]1CO[C@@H](CCO)[C@@H]1O. The lowest BCUT2D eigenvalue weighted by Crippen LogP contribution is -2.29. The molecule has 3 heterocycles. The van der Waals surface area contributed by atoms with Crippen LogP contribution in [0.25, 0.3) is 11.2 Å². The van der Waals surface area contributed by atoms with Gasteiger partial charge in [-0.05, 0) is 6.42 Å². The van der Waals surface area contributed by atoms with Crippen molar-refractivity contribution in [1.82, 2.24) is 19.5 Å². The second-order valence-electron chi connectivity index (χ2n) is 4.52. The van der Waals surface area contributed by atoms with E-state index >= 15 is 0 Å². The first kappa shape index (κ1) is 12.3. The highest BCUT2D eigenvalue weighted by Gasteiger charge is 2.37. The number of aliphatic hydroxyl groups is 2. The van der Waals surface area contributed by atoms with Gasteiger partial charge in [-0.2, -0.15) is 0 Å². The van der Waals surface area contributed by atoms with Gasteiger partial charge in [-0.25, -0.2) is 15.0 Å². The van der Waals surface area contributed by atoms with Crippen molar-refractivity contribution in [3.8, 4) is 0 Å². The minimum atomic E-state index is -0.708. The van der Waals surface area contributed by atoms with Crippen LogP contribution in [0, 0.1) is 0 Å². The van der Waals surface area contributed by atoms with E-state index in [1.165, 1.54) is 6.33 Å². The number of anilines is 1. The Morgan fingerprint density at radius 3 is 3.05 bits per heavy atom. The third-order valence-corrected chi connectivity index (χ3v) is 3.41. The van der Waals surface area contributed by atoms with Gasteiger partial charge in [0.1, 0.15) is 17.9 Å². The fourth-order valence-electron chi connectivity index (χ4n) is 2.41. The Balaban J connectivity index is 1.95. The predicted molar refractivity (Wildman–Crippen MR) is 66.2 cm³/mol. The van der Waals surface area contributed by atoms with Gasteiger partial charge in [0.25, 0.3) is 0 Å². The minimum Gasteiger partial charge on any atom is -0.396 e. The van der Waals surface area contributed by atoms with Gasteiger partial charge in [-0.15, -0.1) is 0 Å². The number of imidazole rings is 1. The van der Waals surface area contributed by atoms with E-state index in [4.69, 9.17) is 15.6 Å². The molecule has 0 aromatic carbocycles. The summed E-state index contributed by atoms with van der Waals surface area (Å²) in [5.74, 6) is 0.309. The fraction of sp³-hybridized carbons (Fsp3) is 0.545. The van der Waals surface area contributed by atoms with Crippen molar-refractivity contribution in [1.29, 1.82) is 0 Å². The zero-order chi connectivity index (χ0) is 13.4. The van der Waals surface area contributed by atoms with Crippen LogP contribution >= 0.6 is 0 Å². The van der Waals surface area contributed by atoms with Crippen LogP contribution in [-0.2, 0) is 4.74 Å². The fourth-order valence-corrected chi connectivity index (χ4v) is 2.41. The molecular weight excluding hydrogens is 250 g/mol. The third-order valence-electron chi connectivity index (χ3n) is 3.41. The van der Waals surface area contributed by atoms with Gasteiger partial charge in [0, 0.05) is 6.61 Å². The quantitative estimate of drug-likeness (QED) is 0.657. The number of ether oxygens (including phenoxy) is 1. The first-order valence-electron chi connectivity index (χ1n) is 6.06. The lowest BCUT2D eigenvalue weighted by molar-refractivity contribution is 0.0233. The van der Waals surface area contributed by atoms with E-state index < -0.39 is 6.10 Å². The molecular formula is C11H15N5O3. The van der Waals surface area contributed by atoms with E-state index in [1.807, 2.05) is 0 Å². The summed E-state index contributed by atoms with van der Waals surface area (Å²) < 4.78 is 7.23. The topological polar surface area (TPSA) is 119 Å². The molecule has 19 heavy (non-hydrogen) atoms. The van der Waals surface area contributed by atoms with E-state index in [2.05, 4.69) is 15.0 Å². The molecule has 1 aliphatic rings. The molecule has 3 rings (SSSR count). The van der Waals surface area contributed by atoms with Crippen molar-refractivity contribution in [2.75, 3.05) is 18.9 Å². The Bertz CT molecular complexity index is 587. The molecule has 102 valence electrons. The molecule has 0 radical (unpaired) electrons. The van der Waals surface area contributed by atoms with E-state index in [9.17, 15) is 5.11 Å². The van der Waals surface area contributed by atoms with Crippen molar-refractivity contribution >= 4 is 17.0 Å². The first-order valence-corrected chi connectivity index (χ1v) is 6.06. The summed E-state index contributed by atoms with van der Waals surface area (Å²) in [6, 6.07) is -0.282. The second-order valence-corrected chi connectivity index (χ2v) is 4.52. The smallest absolute Gasteiger partial charge is 0.165 e. The van der Waals surface area contributed by atoms with E-state index in [0.717, 1.165) is 0 Å². The van der Waals surface area contributed by atoms with Gasteiger partial charge in [0.15, 0.2) is 11.5 Å². The van der Waals surface area contributed by atoms with Gasteiger partial charge in [-0.3, -0.25) is 0 Å². The highest BCUT2D eigenvalue weighted by Crippen LogP contribution is 2.29. The maximum absolute atomic E-state index is 10.2. The number of fused-ring (bicyclic) bond motifs is 1. The van der Waals surface area contributed by atoms with Crippen molar-refractivity contribution in [2.45, 2.75) is 24.7 Å². The zero-order valence-corrected chi connectivity index (χ0v) is 10.2. The molecule has 2 aromatic rings. The average molecular weight is 265 g/mol. The number of nitrogens with two attached hydrogens (primary N) is 1. The van der Waals surface area contributed by atoms with Crippen LogP contribution < -0.4 is 5.73 Å². The lowest BCUT2D eigenvalue weighted by atomic mass is 10.1. The number of aliphatic hydroxyl groups excluding tert-OH is 2. The lowest BCUT2D eigenvalue weighted by Gasteiger charge is -2.17. The number of nitrogen functional groups attached to an aromatic ring is 1. The number of hydrogen-bond acceptors (Lipinski definition) is 7. The van der Waals surface area contributed by atoms with Crippen LogP contribution in [0.3, 0.4) is 0 Å². The van der Waals surface area contributed by atoms with Gasteiger partial charge in [0.05, 0.1) is 25.1 Å². The Kier molecular flexibility index (Phi) is 3.05. The van der Waals surface area contributed by atoms with Gasteiger partial charge in [-0.1, -0.05) is 0 Å². The highest BCUT2D eigenvalue weighted by molar-refractivity contribution is 5.81. The molecule has 8 heteroatoms. The molecule has 1 saturated heterocycles. The summed E-state index contributed by atoms with van der Waals surface area (Å²) in [6.45, 7) is 0.329. The summed E-state index contributed by atoms with van der Waals surface area (Å²) in [5, 5.41) is 19.1. The average Bonchev–Trinajstić information content (AvgIpc) is 2.96. The molecule has 0 bridgehead atoms. The van der Waals surface area contributed by atoms with Crippen molar-refractivity contribution in [3.63, 3.8) is 0 Å². The second kappa shape index (κ2) is 4.72. The molecule has 0 unspecified atom stereocenters. The molecule has 0 aliphatic carbocycles. The predicted octanol–water partition coefficient (Wildman–Crippen LogP) is -0.908. The highest BCUT2D eigenvalue weighted by atomic mass is 16.5. The molecule has 1 aliphatic heterocycles. The van der Waals surface area contributed by atoms with Crippen LogP contribution in [-0.4, -0.2) is 55.2 Å². The van der Waals surface area contributed by atoms with E-state index in [0.29, 0.717) is 30.0 Å². The largest absolute Gasteiger partial charge is 0.396 e. The van der Waals surface area contributed by atoms with Crippen LogP contribution in [0.15, 0.2) is 12.7 Å². The number of nitrogens with zero attached hydrogens (tertiary/aromatic N) is 4. The standard InChI is InChI=1S/C11H15N5O3/c12-10-8-11(14-4-13-10)16(5-15-8)6-3-19-7(1-2-17)9(6)18/h4-7,9,17-18H,1-3H2,(H2,12,13,14)/t6-,7-,9+/m0/s1. The van der Waals surface area contributed by atoms with Crippen LogP contribution in [0.5, 0.6) is 0 Å². The third kappa shape index (κ3) is 1.93. The van der Waals surface area contributed by atoms with E-state index in [1.54, 1.807) is 10.9 Å². The van der Waals surface area contributed by atoms with Gasteiger partial charge >= 0.3 is 0 Å². The zero-order valence-electron chi connectivity index (χ0n) is 10.2. The maximum atomic E-state index is 10.2. The summed E-state index contributed by atoms with van der Waals surface area (Å²) in [7, 11) is 0. The number of aromatic nitrogens is 4. The van der Waals surface area contributed by atoms with E-state index in [-0.39, 0.29) is 18.8 Å². The molecule has 8 nitrogen and oxygen atoms in total. The molecule has 0 amide bonds. The summed E-state index contributed by atoms with van der Waals surface area (Å²) >= 11 is 0. The van der Waals surface area contributed by atoms with Crippen LogP contribution in [0.1, 0.15) is 12.5 Å². The normalized spacial score (nSPS) is 27.2. The van der Waals surface area contributed by atoms with Crippen molar-refractivity contribution < 1.29 is 14.9 Å². The van der Waals surface area contributed by atoms with Gasteiger partial charge in [0.2, 0.25) is 0 Å². The Labute approximate surface area is 108 Å². The number of hydrogen-bond donors (Lipinski definition) is 3. The summed E-state index contributed by atoms with van der Waals surface area (Å²) in [6.07, 6.45) is 2.27. The van der Waals surface area contributed by atoms with Gasteiger partial charge < -0.3 is 25.3 Å². The minimum absolute atomic E-state index is 0.0196. The van der Waals surface area contributed by atoms with Crippen molar-refractivity contribution in [3.05, 3.63) is 12.7 Å². The summed E-state index contributed by atoms with van der Waals surface area (Å²) in [4.78, 5) is 12.2. The molecule has 0 saturated carbocycles. The monoisotopic (exact) mass is 265 g/mol. The Hall–Kier alpha value is -1.77. The van der Waals surface area contributed by atoms with Crippen molar-refractivity contribution in [2.24, 2.45) is 0 Å². The molecule has 4 N–H and O–H groups in total. The maximum Gasteiger partial charge on any atom is 0.165 e. The van der Waals surface area contributed by atoms with Crippen LogP contribution in [0.2, 0.25) is 0 Å². The molecule has 0 spiro atoms. The molecule has 2 aromatic heterocycles. The first-order chi connectivity index (χ1) is 9.22. The summed E-state index contributed by atoms with van der Waals surface area (Å²) in [5.41, 5.74) is 6.81.